The first-order valence-corrected chi connectivity index (χ1v) is 8.78. The zero-order valence-corrected chi connectivity index (χ0v) is 14.9. The molecule has 0 radical (unpaired) electrons. The van der Waals surface area contributed by atoms with E-state index in [9.17, 15) is 4.79 Å². The van der Waals surface area contributed by atoms with Gasteiger partial charge < -0.3 is 19.4 Å². The van der Waals surface area contributed by atoms with Crippen molar-refractivity contribution in [2.75, 3.05) is 19.8 Å². The van der Waals surface area contributed by atoms with Crippen LogP contribution in [0.2, 0.25) is 0 Å². The number of carbonyl (C=O) groups is 1. The molecule has 26 heavy (non-hydrogen) atoms. The average molecular weight is 353 g/mol. The minimum absolute atomic E-state index is 0.00197. The van der Waals surface area contributed by atoms with Gasteiger partial charge in [-0.05, 0) is 55.8 Å². The first-order valence-electron chi connectivity index (χ1n) is 8.78. The Hall–Kier alpha value is -3.02. The van der Waals surface area contributed by atoms with E-state index in [-0.39, 0.29) is 12.5 Å². The highest BCUT2D eigenvalue weighted by Crippen LogP contribution is 2.17. The highest BCUT2D eigenvalue weighted by atomic mass is 16.5. The summed E-state index contributed by atoms with van der Waals surface area (Å²) in [5, 5.41) is 4.00. The maximum Gasteiger partial charge on any atom is 0.257 e. The van der Waals surface area contributed by atoms with Crippen molar-refractivity contribution in [2.45, 2.75) is 19.9 Å². The number of pyridine rings is 1. The molecule has 3 aromatic rings. The van der Waals surface area contributed by atoms with Gasteiger partial charge in [-0.3, -0.25) is 4.79 Å². The SMILES string of the molecule is CCOc1ccc(OCC(=O)NCCCn2ccc3cccnc32)cc1. The zero-order valence-electron chi connectivity index (χ0n) is 14.9. The Bertz CT molecular complexity index is 843. The molecule has 0 saturated carbocycles. The first-order chi connectivity index (χ1) is 12.8. The molecule has 0 spiro atoms. The Labute approximate surface area is 152 Å². The topological polar surface area (TPSA) is 65.4 Å². The predicted octanol–water partition coefficient (Wildman–Crippen LogP) is 3.02. The summed E-state index contributed by atoms with van der Waals surface area (Å²) in [7, 11) is 0. The molecular weight excluding hydrogens is 330 g/mol. The molecule has 0 aliphatic heterocycles. The quantitative estimate of drug-likeness (QED) is 0.601. The van der Waals surface area contributed by atoms with E-state index in [0.29, 0.717) is 18.9 Å². The van der Waals surface area contributed by atoms with E-state index < -0.39 is 0 Å². The normalized spacial score (nSPS) is 10.7. The van der Waals surface area contributed by atoms with Gasteiger partial charge in [0.25, 0.3) is 5.91 Å². The summed E-state index contributed by atoms with van der Waals surface area (Å²) in [4.78, 5) is 16.3. The van der Waals surface area contributed by atoms with Gasteiger partial charge >= 0.3 is 0 Å². The van der Waals surface area contributed by atoms with Crippen molar-refractivity contribution in [1.29, 1.82) is 0 Å². The molecule has 0 saturated heterocycles. The number of fused-ring (bicyclic) bond motifs is 1. The number of rotatable bonds is 9. The van der Waals surface area contributed by atoms with Crippen molar-refractivity contribution in [3.63, 3.8) is 0 Å². The van der Waals surface area contributed by atoms with Gasteiger partial charge in [0.2, 0.25) is 0 Å². The van der Waals surface area contributed by atoms with E-state index in [1.807, 2.05) is 43.5 Å². The number of amides is 1. The smallest absolute Gasteiger partial charge is 0.257 e. The largest absolute Gasteiger partial charge is 0.494 e. The van der Waals surface area contributed by atoms with E-state index in [0.717, 1.165) is 29.7 Å². The first kappa shape index (κ1) is 17.8. The third-order valence-electron chi connectivity index (χ3n) is 3.93. The number of carbonyl (C=O) groups excluding carboxylic acids is 1. The average Bonchev–Trinajstić information content (AvgIpc) is 3.08. The van der Waals surface area contributed by atoms with Crippen LogP contribution >= 0.6 is 0 Å². The highest BCUT2D eigenvalue weighted by Gasteiger charge is 2.04. The van der Waals surface area contributed by atoms with Crippen LogP contribution in [0.1, 0.15) is 13.3 Å². The molecule has 2 aromatic heterocycles. The van der Waals surface area contributed by atoms with E-state index in [4.69, 9.17) is 9.47 Å². The second kappa shape index (κ2) is 8.89. The molecule has 0 unspecified atom stereocenters. The van der Waals surface area contributed by atoms with E-state index in [2.05, 4.69) is 14.9 Å². The Kier molecular flexibility index (Phi) is 6.09. The molecule has 0 aliphatic carbocycles. The van der Waals surface area contributed by atoms with E-state index in [1.165, 1.54) is 0 Å². The zero-order chi connectivity index (χ0) is 18.2. The van der Waals surface area contributed by atoms with Crippen LogP contribution in [0.15, 0.2) is 54.9 Å². The Morgan fingerprint density at radius 2 is 1.88 bits per heavy atom. The lowest BCUT2D eigenvalue weighted by molar-refractivity contribution is -0.123. The van der Waals surface area contributed by atoms with Gasteiger partial charge in [0, 0.05) is 30.9 Å². The minimum Gasteiger partial charge on any atom is -0.494 e. The molecule has 0 fully saturated rings. The monoisotopic (exact) mass is 353 g/mol. The third kappa shape index (κ3) is 4.75. The van der Waals surface area contributed by atoms with Crippen LogP contribution in [0.5, 0.6) is 11.5 Å². The molecule has 1 amide bonds. The predicted molar refractivity (Wildman–Crippen MR) is 100 cm³/mol. The fourth-order valence-electron chi connectivity index (χ4n) is 2.68. The summed E-state index contributed by atoms with van der Waals surface area (Å²) >= 11 is 0. The number of hydrogen-bond acceptors (Lipinski definition) is 4. The van der Waals surface area contributed by atoms with E-state index >= 15 is 0 Å². The van der Waals surface area contributed by atoms with Gasteiger partial charge in [0.05, 0.1) is 6.61 Å². The second-order valence-electron chi connectivity index (χ2n) is 5.82. The van der Waals surface area contributed by atoms with Gasteiger partial charge in [-0.2, -0.15) is 0 Å². The summed E-state index contributed by atoms with van der Waals surface area (Å²) in [6.07, 6.45) is 4.64. The summed E-state index contributed by atoms with van der Waals surface area (Å²) < 4.78 is 12.9. The second-order valence-corrected chi connectivity index (χ2v) is 5.82. The van der Waals surface area contributed by atoms with Gasteiger partial charge in [-0.25, -0.2) is 4.98 Å². The van der Waals surface area contributed by atoms with Crippen LogP contribution in [0.3, 0.4) is 0 Å². The van der Waals surface area contributed by atoms with Crippen molar-refractivity contribution >= 4 is 16.9 Å². The number of hydrogen-bond donors (Lipinski definition) is 1. The third-order valence-corrected chi connectivity index (χ3v) is 3.93. The lowest BCUT2D eigenvalue weighted by atomic mass is 10.3. The molecule has 1 aromatic carbocycles. The van der Waals surface area contributed by atoms with Crippen molar-refractivity contribution in [3.8, 4) is 11.5 Å². The molecule has 2 heterocycles. The van der Waals surface area contributed by atoms with Crippen molar-refractivity contribution in [2.24, 2.45) is 0 Å². The molecule has 6 heteroatoms. The van der Waals surface area contributed by atoms with Crippen molar-refractivity contribution in [1.82, 2.24) is 14.9 Å². The molecule has 136 valence electrons. The molecule has 0 atom stereocenters. The van der Waals surface area contributed by atoms with Crippen LogP contribution in [-0.2, 0) is 11.3 Å². The van der Waals surface area contributed by atoms with Gasteiger partial charge in [-0.1, -0.05) is 0 Å². The molecule has 3 rings (SSSR count). The Morgan fingerprint density at radius 1 is 1.12 bits per heavy atom. The maximum absolute atomic E-state index is 11.9. The summed E-state index contributed by atoms with van der Waals surface area (Å²) in [6, 6.07) is 13.3. The number of nitrogens with zero attached hydrogens (tertiary/aromatic N) is 2. The van der Waals surface area contributed by atoms with Crippen LogP contribution < -0.4 is 14.8 Å². The minimum atomic E-state index is -0.130. The summed E-state index contributed by atoms with van der Waals surface area (Å²) in [5.41, 5.74) is 0.970. The Morgan fingerprint density at radius 3 is 2.65 bits per heavy atom. The van der Waals surface area contributed by atoms with Crippen molar-refractivity contribution in [3.05, 3.63) is 54.9 Å². The highest BCUT2D eigenvalue weighted by molar-refractivity contribution is 5.77. The molecule has 0 bridgehead atoms. The summed E-state index contributed by atoms with van der Waals surface area (Å²) in [6.45, 7) is 3.96. The Balaban J connectivity index is 1.36. The van der Waals surface area contributed by atoms with Gasteiger partial charge in [0.15, 0.2) is 6.61 Å². The van der Waals surface area contributed by atoms with Crippen molar-refractivity contribution < 1.29 is 14.3 Å². The lowest BCUT2D eigenvalue weighted by Crippen LogP contribution is -2.30. The number of benzene rings is 1. The number of aryl methyl sites for hydroxylation is 1. The van der Waals surface area contributed by atoms with Gasteiger partial charge in [0.1, 0.15) is 17.1 Å². The number of ether oxygens (including phenoxy) is 2. The molecule has 0 aliphatic rings. The summed E-state index contributed by atoms with van der Waals surface area (Å²) in [5.74, 6) is 1.30. The van der Waals surface area contributed by atoms with Crippen LogP contribution in [0.25, 0.3) is 11.0 Å². The lowest BCUT2D eigenvalue weighted by Gasteiger charge is -2.09. The molecular formula is C20H23N3O3. The molecule has 1 N–H and O–H groups in total. The standard InChI is InChI=1S/C20H23N3O3/c1-2-25-17-6-8-18(9-7-17)26-15-19(24)21-12-4-13-23-14-10-16-5-3-11-22-20(16)23/h3,5-11,14H,2,4,12-13,15H2,1H3,(H,21,24). The number of aromatic nitrogens is 2. The van der Waals surface area contributed by atoms with Crippen LogP contribution in [0, 0.1) is 0 Å². The van der Waals surface area contributed by atoms with Crippen LogP contribution in [-0.4, -0.2) is 35.2 Å². The van der Waals surface area contributed by atoms with Gasteiger partial charge in [-0.15, -0.1) is 0 Å². The maximum atomic E-state index is 11.9. The molecule has 6 nitrogen and oxygen atoms in total. The number of nitrogens with one attached hydrogen (secondary N) is 1. The fourth-order valence-corrected chi connectivity index (χ4v) is 2.68. The fraction of sp³-hybridized carbons (Fsp3) is 0.300. The van der Waals surface area contributed by atoms with Crippen LogP contribution in [0.4, 0.5) is 0 Å². The van der Waals surface area contributed by atoms with E-state index in [1.54, 1.807) is 18.3 Å².